The molecule has 3 aromatic rings. The Hall–Kier alpha value is -2.79. The monoisotopic (exact) mass is 436 g/mol. The number of aryl methyl sites for hydroxylation is 1. The molecule has 1 aliphatic rings. The van der Waals surface area contributed by atoms with Crippen molar-refractivity contribution in [1.29, 1.82) is 0 Å². The predicted octanol–water partition coefficient (Wildman–Crippen LogP) is 5.90. The first-order chi connectivity index (χ1) is 13.6. The molecular formula is C23H21BrN2O2. The van der Waals surface area contributed by atoms with Crippen molar-refractivity contribution in [1.82, 2.24) is 4.98 Å². The third-order valence-corrected chi connectivity index (χ3v) is 5.37. The van der Waals surface area contributed by atoms with E-state index in [1.807, 2.05) is 50.2 Å². The van der Waals surface area contributed by atoms with Gasteiger partial charge in [-0.3, -0.25) is 0 Å². The van der Waals surface area contributed by atoms with Crippen LogP contribution in [0.2, 0.25) is 0 Å². The minimum atomic E-state index is -0.299. The number of rotatable bonds is 4. The first-order valence-electron chi connectivity index (χ1n) is 9.28. The first kappa shape index (κ1) is 18.6. The van der Waals surface area contributed by atoms with Gasteiger partial charge in [-0.2, -0.15) is 0 Å². The van der Waals surface area contributed by atoms with Crippen molar-refractivity contribution >= 4 is 39.2 Å². The summed E-state index contributed by atoms with van der Waals surface area (Å²) in [7, 11) is 0. The fourth-order valence-electron chi connectivity index (χ4n) is 3.65. The van der Waals surface area contributed by atoms with Crippen LogP contribution in [0.3, 0.4) is 0 Å². The fourth-order valence-corrected chi connectivity index (χ4v) is 4.01. The zero-order valence-corrected chi connectivity index (χ0v) is 17.4. The van der Waals surface area contributed by atoms with Crippen molar-refractivity contribution in [2.24, 2.45) is 0 Å². The molecule has 2 aromatic carbocycles. The van der Waals surface area contributed by atoms with Crippen molar-refractivity contribution in [2.75, 3.05) is 18.5 Å². The van der Waals surface area contributed by atoms with Gasteiger partial charge >= 0.3 is 5.97 Å². The Morgan fingerprint density at radius 1 is 1.21 bits per heavy atom. The van der Waals surface area contributed by atoms with E-state index in [1.165, 1.54) is 11.1 Å². The van der Waals surface area contributed by atoms with Crippen molar-refractivity contribution in [3.05, 3.63) is 75.5 Å². The molecule has 0 radical (unpaired) electrons. The Balaban J connectivity index is 1.88. The highest BCUT2D eigenvalue weighted by atomic mass is 79.9. The average Bonchev–Trinajstić information content (AvgIpc) is 3.23. The van der Waals surface area contributed by atoms with E-state index in [9.17, 15) is 4.79 Å². The summed E-state index contributed by atoms with van der Waals surface area (Å²) in [4.78, 5) is 16.1. The van der Waals surface area contributed by atoms with E-state index in [2.05, 4.69) is 44.4 Å². The van der Waals surface area contributed by atoms with Gasteiger partial charge in [0.2, 0.25) is 0 Å². The number of nitrogens with one attached hydrogen (secondary N) is 2. The lowest BCUT2D eigenvalue weighted by Gasteiger charge is -2.07. The molecule has 4 rings (SSSR count). The lowest BCUT2D eigenvalue weighted by Crippen LogP contribution is -2.06. The Morgan fingerprint density at radius 2 is 2.00 bits per heavy atom. The van der Waals surface area contributed by atoms with Crippen molar-refractivity contribution < 1.29 is 9.53 Å². The molecule has 0 bridgehead atoms. The van der Waals surface area contributed by atoms with E-state index in [0.717, 1.165) is 39.2 Å². The van der Waals surface area contributed by atoms with Crippen LogP contribution in [0.5, 0.6) is 0 Å². The lowest BCUT2D eigenvalue weighted by molar-refractivity contribution is 0.0526. The van der Waals surface area contributed by atoms with Crippen LogP contribution in [-0.4, -0.2) is 24.1 Å². The van der Waals surface area contributed by atoms with Crippen molar-refractivity contribution in [3.8, 4) is 11.1 Å². The van der Waals surface area contributed by atoms with Crippen molar-refractivity contribution in [3.63, 3.8) is 0 Å². The molecule has 0 amide bonds. The standard InChI is InChI=1S/C23H21BrN2O2/c1-3-28-23(27)21-14(2)26-20(22(21)15-7-5-4-6-8-15)11-16-13-25-19-10-9-17(24)12-18(16)19/h4-12,25-26H,3,13H2,1-2H3. The first-order valence-corrected chi connectivity index (χ1v) is 10.1. The number of hydrogen-bond acceptors (Lipinski definition) is 3. The van der Waals surface area contributed by atoms with E-state index >= 15 is 0 Å². The van der Waals surface area contributed by atoms with Gasteiger partial charge in [0.1, 0.15) is 0 Å². The fraction of sp³-hybridized carbons (Fsp3) is 0.174. The molecule has 0 spiro atoms. The maximum Gasteiger partial charge on any atom is 0.340 e. The number of aromatic nitrogens is 1. The van der Waals surface area contributed by atoms with Crippen LogP contribution in [0.4, 0.5) is 5.69 Å². The Morgan fingerprint density at radius 3 is 2.75 bits per heavy atom. The van der Waals surface area contributed by atoms with Crippen LogP contribution in [0, 0.1) is 6.92 Å². The molecule has 0 fully saturated rings. The molecule has 4 nitrogen and oxygen atoms in total. The second kappa shape index (κ2) is 7.68. The second-order valence-electron chi connectivity index (χ2n) is 6.71. The smallest absolute Gasteiger partial charge is 0.340 e. The molecule has 0 unspecified atom stereocenters. The third-order valence-electron chi connectivity index (χ3n) is 4.87. The van der Waals surface area contributed by atoms with Crippen molar-refractivity contribution in [2.45, 2.75) is 13.8 Å². The summed E-state index contributed by atoms with van der Waals surface area (Å²) in [5.74, 6) is -0.299. The van der Waals surface area contributed by atoms with Gasteiger partial charge in [0.15, 0.2) is 0 Å². The average molecular weight is 437 g/mol. The zero-order valence-electron chi connectivity index (χ0n) is 15.8. The summed E-state index contributed by atoms with van der Waals surface area (Å²) >= 11 is 3.56. The van der Waals surface area contributed by atoms with E-state index < -0.39 is 0 Å². The van der Waals surface area contributed by atoms with Crippen LogP contribution in [-0.2, 0) is 4.74 Å². The van der Waals surface area contributed by atoms with Gasteiger partial charge in [0.25, 0.3) is 0 Å². The molecule has 5 heteroatoms. The summed E-state index contributed by atoms with van der Waals surface area (Å²) in [6, 6.07) is 16.2. The number of aromatic amines is 1. The molecule has 0 atom stereocenters. The number of fused-ring (bicyclic) bond motifs is 1. The van der Waals surface area contributed by atoms with Gasteiger partial charge in [0, 0.05) is 39.2 Å². The highest BCUT2D eigenvalue weighted by Gasteiger charge is 2.24. The molecule has 2 heterocycles. The lowest BCUT2D eigenvalue weighted by atomic mass is 9.98. The highest BCUT2D eigenvalue weighted by Crippen LogP contribution is 2.37. The molecule has 28 heavy (non-hydrogen) atoms. The number of anilines is 1. The van der Waals surface area contributed by atoms with Gasteiger partial charge in [0.05, 0.1) is 12.2 Å². The minimum Gasteiger partial charge on any atom is -0.462 e. The number of carbonyl (C=O) groups excluding carboxylic acids is 1. The van der Waals surface area contributed by atoms with Gasteiger partial charge < -0.3 is 15.0 Å². The Bertz CT molecular complexity index is 1070. The number of hydrogen-bond donors (Lipinski definition) is 2. The maximum atomic E-state index is 12.7. The number of carbonyl (C=O) groups is 1. The number of ether oxygens (including phenoxy) is 1. The van der Waals surface area contributed by atoms with Gasteiger partial charge in [-0.1, -0.05) is 46.3 Å². The van der Waals surface area contributed by atoms with E-state index in [0.29, 0.717) is 12.2 Å². The Labute approximate surface area is 172 Å². The van der Waals surface area contributed by atoms with E-state index in [-0.39, 0.29) is 5.97 Å². The summed E-state index contributed by atoms with van der Waals surface area (Å²) in [6.07, 6.45) is 2.13. The number of halogens is 1. The van der Waals surface area contributed by atoms with Gasteiger partial charge in [-0.25, -0.2) is 4.79 Å². The number of esters is 1. The highest BCUT2D eigenvalue weighted by molar-refractivity contribution is 9.10. The molecule has 0 aliphatic carbocycles. The second-order valence-corrected chi connectivity index (χ2v) is 7.63. The third kappa shape index (κ3) is 3.38. The maximum absolute atomic E-state index is 12.7. The molecule has 0 saturated carbocycles. The minimum absolute atomic E-state index is 0.299. The molecule has 2 N–H and O–H groups in total. The summed E-state index contributed by atoms with van der Waals surface area (Å²) in [6.45, 7) is 4.83. The zero-order chi connectivity index (χ0) is 19.7. The van der Waals surface area contributed by atoms with Crippen LogP contribution in [0.25, 0.3) is 22.8 Å². The predicted molar refractivity (Wildman–Crippen MR) is 117 cm³/mol. The molecule has 142 valence electrons. The normalized spacial score (nSPS) is 14.0. The topological polar surface area (TPSA) is 54.1 Å². The quantitative estimate of drug-likeness (QED) is 0.500. The summed E-state index contributed by atoms with van der Waals surface area (Å²) < 4.78 is 6.37. The van der Waals surface area contributed by atoms with Crippen LogP contribution >= 0.6 is 15.9 Å². The number of H-pyrrole nitrogens is 1. The van der Waals surface area contributed by atoms with E-state index in [1.54, 1.807) is 0 Å². The van der Waals surface area contributed by atoms with Crippen LogP contribution < -0.4 is 5.32 Å². The SMILES string of the molecule is CCOC(=O)c1c(C)[nH]c(C=C2CNc3ccc(Br)cc32)c1-c1ccccc1. The van der Waals surface area contributed by atoms with E-state index in [4.69, 9.17) is 4.74 Å². The Kier molecular flexibility index (Phi) is 5.09. The molecule has 1 aliphatic heterocycles. The van der Waals surface area contributed by atoms with Gasteiger partial charge in [-0.15, -0.1) is 0 Å². The summed E-state index contributed by atoms with van der Waals surface area (Å²) in [5, 5.41) is 3.43. The van der Waals surface area contributed by atoms with Crippen LogP contribution in [0.15, 0.2) is 53.0 Å². The largest absolute Gasteiger partial charge is 0.462 e. The summed E-state index contributed by atoms with van der Waals surface area (Å²) in [5.41, 5.74) is 7.64. The molecular weight excluding hydrogens is 416 g/mol. The number of benzene rings is 2. The molecule has 0 saturated heterocycles. The molecule has 1 aromatic heterocycles. The van der Waals surface area contributed by atoms with Gasteiger partial charge in [-0.05, 0) is 49.3 Å². The van der Waals surface area contributed by atoms with Crippen LogP contribution in [0.1, 0.15) is 34.2 Å².